The molecule has 0 heterocycles. The fourth-order valence-electron chi connectivity index (χ4n) is 1.56. The molecule has 0 saturated carbocycles. The van der Waals surface area contributed by atoms with Crippen LogP contribution < -0.4 is 10.5 Å². The second-order valence-electron chi connectivity index (χ2n) is 3.93. The Kier molecular flexibility index (Phi) is 5.58. The van der Waals surface area contributed by atoms with E-state index >= 15 is 0 Å². The standard InChI is InChI=1S/C11H17FN2O2S2/c1-8(7-17-2)14-18(15,16)11-5-10(12)4-3-9(11)6-13/h3-5,8,14H,6-7,13H2,1-2H3. The van der Waals surface area contributed by atoms with Gasteiger partial charge in [-0.15, -0.1) is 0 Å². The molecule has 1 aromatic rings. The predicted octanol–water partition coefficient (Wildman–Crippen LogP) is 1.31. The van der Waals surface area contributed by atoms with Gasteiger partial charge in [-0.05, 0) is 30.9 Å². The first-order valence-electron chi connectivity index (χ1n) is 5.40. The van der Waals surface area contributed by atoms with Gasteiger partial charge in [0.2, 0.25) is 10.0 Å². The summed E-state index contributed by atoms with van der Waals surface area (Å²) in [6.07, 6.45) is 1.89. The Morgan fingerprint density at radius 3 is 2.72 bits per heavy atom. The molecule has 0 aliphatic heterocycles. The van der Waals surface area contributed by atoms with Crippen LogP contribution in [0.2, 0.25) is 0 Å². The molecule has 0 aromatic heterocycles. The van der Waals surface area contributed by atoms with Gasteiger partial charge in [0.05, 0.1) is 4.90 Å². The highest BCUT2D eigenvalue weighted by molar-refractivity contribution is 7.98. The van der Waals surface area contributed by atoms with Gasteiger partial charge < -0.3 is 5.73 Å². The average Bonchev–Trinajstić information content (AvgIpc) is 2.28. The van der Waals surface area contributed by atoms with Gasteiger partial charge in [0, 0.05) is 18.3 Å². The molecule has 102 valence electrons. The summed E-state index contributed by atoms with van der Waals surface area (Å²) < 4.78 is 39.9. The van der Waals surface area contributed by atoms with E-state index < -0.39 is 15.8 Å². The number of hydrogen-bond donors (Lipinski definition) is 2. The lowest BCUT2D eigenvalue weighted by molar-refractivity contribution is 0.566. The van der Waals surface area contributed by atoms with Crippen LogP contribution in [0.15, 0.2) is 23.1 Å². The zero-order chi connectivity index (χ0) is 13.8. The molecule has 0 bridgehead atoms. The summed E-state index contributed by atoms with van der Waals surface area (Å²) in [5.41, 5.74) is 5.87. The fourth-order valence-corrected chi connectivity index (χ4v) is 3.75. The maximum atomic E-state index is 13.2. The SMILES string of the molecule is CSCC(C)NS(=O)(=O)c1cc(F)ccc1CN. The lowest BCUT2D eigenvalue weighted by atomic mass is 10.2. The number of nitrogens with one attached hydrogen (secondary N) is 1. The lowest BCUT2D eigenvalue weighted by Gasteiger charge is -2.15. The van der Waals surface area contributed by atoms with Crippen molar-refractivity contribution in [2.45, 2.75) is 24.4 Å². The molecule has 18 heavy (non-hydrogen) atoms. The molecule has 0 amide bonds. The molecule has 0 spiro atoms. The first kappa shape index (κ1) is 15.4. The molecule has 4 nitrogen and oxygen atoms in total. The Morgan fingerprint density at radius 2 is 2.17 bits per heavy atom. The Labute approximate surface area is 111 Å². The summed E-state index contributed by atoms with van der Waals surface area (Å²) in [6.45, 7) is 1.81. The Balaban J connectivity index is 3.07. The average molecular weight is 292 g/mol. The minimum absolute atomic E-state index is 0.0490. The van der Waals surface area contributed by atoms with Crippen LogP contribution >= 0.6 is 11.8 Å². The summed E-state index contributed by atoms with van der Waals surface area (Å²) >= 11 is 1.53. The molecular formula is C11H17FN2O2S2. The van der Waals surface area contributed by atoms with E-state index in [1.165, 1.54) is 23.9 Å². The van der Waals surface area contributed by atoms with Crippen molar-refractivity contribution in [1.82, 2.24) is 4.72 Å². The monoisotopic (exact) mass is 292 g/mol. The number of halogens is 1. The van der Waals surface area contributed by atoms with Crippen LogP contribution in [-0.4, -0.2) is 26.5 Å². The minimum atomic E-state index is -3.73. The molecule has 1 atom stereocenters. The van der Waals surface area contributed by atoms with E-state index in [4.69, 9.17) is 5.73 Å². The van der Waals surface area contributed by atoms with Gasteiger partial charge in [-0.25, -0.2) is 17.5 Å². The van der Waals surface area contributed by atoms with E-state index in [-0.39, 0.29) is 17.5 Å². The Morgan fingerprint density at radius 1 is 1.50 bits per heavy atom. The number of benzene rings is 1. The Bertz CT molecular complexity index is 506. The molecule has 7 heteroatoms. The van der Waals surface area contributed by atoms with Gasteiger partial charge in [-0.3, -0.25) is 0 Å². The topological polar surface area (TPSA) is 72.2 Å². The van der Waals surface area contributed by atoms with Crippen molar-refractivity contribution in [2.75, 3.05) is 12.0 Å². The zero-order valence-corrected chi connectivity index (χ0v) is 11.9. The maximum Gasteiger partial charge on any atom is 0.241 e. The highest BCUT2D eigenvalue weighted by Gasteiger charge is 2.20. The number of rotatable bonds is 6. The predicted molar refractivity (Wildman–Crippen MR) is 72.5 cm³/mol. The van der Waals surface area contributed by atoms with Crippen LogP contribution in [0.3, 0.4) is 0 Å². The second kappa shape index (κ2) is 6.51. The molecular weight excluding hydrogens is 275 g/mol. The van der Waals surface area contributed by atoms with E-state index in [1.54, 1.807) is 6.92 Å². The van der Waals surface area contributed by atoms with Crippen LogP contribution in [0.5, 0.6) is 0 Å². The number of hydrogen-bond acceptors (Lipinski definition) is 4. The van der Waals surface area contributed by atoms with Crippen LogP contribution in [0.4, 0.5) is 4.39 Å². The van der Waals surface area contributed by atoms with E-state index in [9.17, 15) is 12.8 Å². The summed E-state index contributed by atoms with van der Waals surface area (Å²) in [5, 5.41) is 0. The van der Waals surface area contributed by atoms with Crippen molar-refractivity contribution in [3.05, 3.63) is 29.6 Å². The first-order valence-corrected chi connectivity index (χ1v) is 8.28. The first-order chi connectivity index (χ1) is 8.40. The molecule has 1 rings (SSSR count). The van der Waals surface area contributed by atoms with E-state index in [2.05, 4.69) is 4.72 Å². The van der Waals surface area contributed by atoms with Gasteiger partial charge >= 0.3 is 0 Å². The van der Waals surface area contributed by atoms with Crippen molar-refractivity contribution in [1.29, 1.82) is 0 Å². The second-order valence-corrected chi connectivity index (χ2v) is 6.53. The van der Waals surface area contributed by atoms with Gasteiger partial charge in [0.25, 0.3) is 0 Å². The third-order valence-corrected chi connectivity index (χ3v) is 4.82. The van der Waals surface area contributed by atoms with Crippen LogP contribution in [-0.2, 0) is 16.6 Å². The fraction of sp³-hybridized carbons (Fsp3) is 0.455. The van der Waals surface area contributed by atoms with E-state index in [1.807, 2.05) is 6.26 Å². The quantitative estimate of drug-likeness (QED) is 0.829. The van der Waals surface area contributed by atoms with E-state index in [0.29, 0.717) is 11.3 Å². The number of nitrogens with two attached hydrogens (primary N) is 1. The molecule has 1 aromatic carbocycles. The lowest BCUT2D eigenvalue weighted by Crippen LogP contribution is -2.35. The molecule has 0 fully saturated rings. The van der Waals surface area contributed by atoms with Crippen molar-refractivity contribution in [2.24, 2.45) is 5.73 Å². The Hall–Kier alpha value is -0.630. The van der Waals surface area contributed by atoms with Gasteiger partial charge in [-0.2, -0.15) is 11.8 Å². The van der Waals surface area contributed by atoms with Crippen LogP contribution in [0.1, 0.15) is 12.5 Å². The van der Waals surface area contributed by atoms with E-state index in [0.717, 1.165) is 6.07 Å². The van der Waals surface area contributed by atoms with Crippen molar-refractivity contribution >= 4 is 21.8 Å². The van der Waals surface area contributed by atoms with Gasteiger partial charge in [0.1, 0.15) is 5.82 Å². The smallest absolute Gasteiger partial charge is 0.241 e. The number of sulfonamides is 1. The maximum absolute atomic E-state index is 13.2. The molecule has 0 saturated heterocycles. The third kappa shape index (κ3) is 3.94. The molecule has 0 aliphatic rings. The summed E-state index contributed by atoms with van der Waals surface area (Å²) in [4.78, 5) is -0.0852. The highest BCUT2D eigenvalue weighted by atomic mass is 32.2. The molecule has 0 aliphatic carbocycles. The minimum Gasteiger partial charge on any atom is -0.326 e. The number of thioether (sulfide) groups is 1. The van der Waals surface area contributed by atoms with Crippen molar-refractivity contribution in [3.63, 3.8) is 0 Å². The normalized spacial score (nSPS) is 13.6. The summed E-state index contributed by atoms with van der Waals surface area (Å²) in [7, 11) is -3.73. The summed E-state index contributed by atoms with van der Waals surface area (Å²) in [6, 6.07) is 3.37. The molecule has 0 radical (unpaired) electrons. The third-order valence-electron chi connectivity index (χ3n) is 2.31. The van der Waals surface area contributed by atoms with Crippen LogP contribution in [0.25, 0.3) is 0 Å². The van der Waals surface area contributed by atoms with Crippen molar-refractivity contribution in [3.8, 4) is 0 Å². The van der Waals surface area contributed by atoms with Gasteiger partial charge in [-0.1, -0.05) is 6.07 Å². The van der Waals surface area contributed by atoms with Crippen molar-refractivity contribution < 1.29 is 12.8 Å². The molecule has 1 unspecified atom stereocenters. The largest absolute Gasteiger partial charge is 0.326 e. The van der Waals surface area contributed by atoms with Gasteiger partial charge in [0.15, 0.2) is 0 Å². The zero-order valence-electron chi connectivity index (χ0n) is 10.3. The highest BCUT2D eigenvalue weighted by Crippen LogP contribution is 2.17. The summed E-state index contributed by atoms with van der Waals surface area (Å²) in [5.74, 6) is 0.0528. The van der Waals surface area contributed by atoms with Crippen LogP contribution in [0, 0.1) is 5.82 Å². The molecule has 3 N–H and O–H groups in total.